The predicted molar refractivity (Wildman–Crippen MR) is 69.0 cm³/mol. The third kappa shape index (κ3) is 3.12. The normalized spacial score (nSPS) is 12.1. The molecule has 102 valence electrons. The number of nitrogens with zero attached hydrogens (tertiary/aromatic N) is 1. The minimum Gasteiger partial charge on any atom is -0.396 e. The van der Waals surface area contributed by atoms with Crippen molar-refractivity contribution in [3.63, 3.8) is 0 Å². The molecule has 1 aromatic rings. The van der Waals surface area contributed by atoms with E-state index < -0.39 is 32.2 Å². The Balaban J connectivity index is 3.16. The Bertz CT molecular complexity index is 535. The number of benzene rings is 1. The van der Waals surface area contributed by atoms with Gasteiger partial charge in [0, 0.05) is 25.4 Å². The van der Waals surface area contributed by atoms with Crippen molar-refractivity contribution in [3.05, 3.63) is 23.8 Å². The number of nitrogens with two attached hydrogens (primary N) is 1. The number of thioether (sulfide) groups is 1. The summed E-state index contributed by atoms with van der Waals surface area (Å²) in [6.45, 7) is 0.236. The maximum Gasteiger partial charge on any atom is 0.245 e. The second-order valence-electron chi connectivity index (χ2n) is 3.62. The van der Waals surface area contributed by atoms with Crippen LogP contribution in [-0.4, -0.2) is 38.3 Å². The lowest BCUT2D eigenvalue weighted by Crippen LogP contribution is -2.30. The van der Waals surface area contributed by atoms with Gasteiger partial charge >= 0.3 is 0 Å². The van der Waals surface area contributed by atoms with Gasteiger partial charge in [0.2, 0.25) is 10.0 Å². The molecule has 0 atom stereocenters. The summed E-state index contributed by atoms with van der Waals surface area (Å²) >= 11 is 1.47. The lowest BCUT2D eigenvalue weighted by atomic mass is 10.3. The van der Waals surface area contributed by atoms with E-state index in [0.29, 0.717) is 11.8 Å². The number of rotatable bonds is 5. The fourth-order valence-corrected chi connectivity index (χ4v) is 3.07. The van der Waals surface area contributed by atoms with E-state index in [4.69, 9.17) is 5.73 Å². The van der Waals surface area contributed by atoms with Crippen LogP contribution in [0, 0.1) is 11.6 Å². The summed E-state index contributed by atoms with van der Waals surface area (Å²) in [5.41, 5.74) is 4.86. The van der Waals surface area contributed by atoms with Gasteiger partial charge in [0.05, 0.1) is 5.69 Å². The fraction of sp³-hybridized carbons (Fsp3) is 0.400. The molecule has 0 aliphatic carbocycles. The van der Waals surface area contributed by atoms with Gasteiger partial charge in [-0.1, -0.05) is 0 Å². The quantitative estimate of drug-likeness (QED) is 0.837. The first-order valence-corrected chi connectivity index (χ1v) is 7.84. The minimum atomic E-state index is -3.98. The maximum absolute atomic E-state index is 13.5. The molecule has 0 unspecified atom stereocenters. The van der Waals surface area contributed by atoms with Crippen molar-refractivity contribution < 1.29 is 17.2 Å². The van der Waals surface area contributed by atoms with E-state index in [9.17, 15) is 17.2 Å². The van der Waals surface area contributed by atoms with Crippen LogP contribution in [0.15, 0.2) is 17.0 Å². The van der Waals surface area contributed by atoms with Gasteiger partial charge in [-0.25, -0.2) is 21.5 Å². The molecular weight excluding hydrogens is 282 g/mol. The molecule has 4 nitrogen and oxygen atoms in total. The minimum absolute atomic E-state index is 0.236. The highest BCUT2D eigenvalue weighted by atomic mass is 32.2. The van der Waals surface area contributed by atoms with E-state index in [1.165, 1.54) is 18.8 Å². The Kier molecular flexibility index (Phi) is 4.94. The van der Waals surface area contributed by atoms with Crippen molar-refractivity contribution in [1.82, 2.24) is 4.31 Å². The zero-order chi connectivity index (χ0) is 13.9. The van der Waals surface area contributed by atoms with Gasteiger partial charge in [-0.05, 0) is 12.3 Å². The molecule has 0 spiro atoms. The van der Waals surface area contributed by atoms with E-state index in [1.807, 2.05) is 6.26 Å². The number of halogens is 2. The van der Waals surface area contributed by atoms with E-state index in [0.717, 1.165) is 10.4 Å². The summed E-state index contributed by atoms with van der Waals surface area (Å²) in [5, 5.41) is 0. The first-order valence-electron chi connectivity index (χ1n) is 5.00. The summed E-state index contributed by atoms with van der Waals surface area (Å²) < 4.78 is 51.5. The van der Waals surface area contributed by atoms with Crippen molar-refractivity contribution >= 4 is 27.5 Å². The van der Waals surface area contributed by atoms with Crippen LogP contribution in [0.2, 0.25) is 0 Å². The highest BCUT2D eigenvalue weighted by molar-refractivity contribution is 7.98. The summed E-state index contributed by atoms with van der Waals surface area (Å²) in [4.78, 5) is -0.606. The second kappa shape index (κ2) is 5.85. The molecule has 8 heteroatoms. The van der Waals surface area contributed by atoms with Crippen LogP contribution in [0.25, 0.3) is 0 Å². The number of hydrogen-bond acceptors (Lipinski definition) is 4. The van der Waals surface area contributed by atoms with Crippen molar-refractivity contribution in [1.29, 1.82) is 0 Å². The Morgan fingerprint density at radius 3 is 2.50 bits per heavy atom. The van der Waals surface area contributed by atoms with Crippen LogP contribution in [0.3, 0.4) is 0 Å². The number of hydrogen-bond donors (Lipinski definition) is 1. The molecule has 0 radical (unpaired) electrons. The lowest BCUT2D eigenvalue weighted by Gasteiger charge is -2.17. The van der Waals surface area contributed by atoms with E-state index in [2.05, 4.69) is 0 Å². The van der Waals surface area contributed by atoms with Crippen LogP contribution >= 0.6 is 11.8 Å². The Morgan fingerprint density at radius 2 is 1.94 bits per heavy atom. The first-order chi connectivity index (χ1) is 8.30. The average Bonchev–Trinajstić information content (AvgIpc) is 2.30. The van der Waals surface area contributed by atoms with Gasteiger partial charge in [0.1, 0.15) is 16.5 Å². The lowest BCUT2D eigenvalue weighted by molar-refractivity contribution is 0.478. The van der Waals surface area contributed by atoms with Crippen molar-refractivity contribution in [2.24, 2.45) is 0 Å². The number of nitrogen functional groups attached to an aromatic ring is 1. The molecule has 18 heavy (non-hydrogen) atoms. The molecule has 1 rings (SSSR count). The highest BCUT2D eigenvalue weighted by Gasteiger charge is 2.25. The van der Waals surface area contributed by atoms with Crippen LogP contribution < -0.4 is 5.73 Å². The molecule has 0 aliphatic heterocycles. The van der Waals surface area contributed by atoms with E-state index >= 15 is 0 Å². The Labute approximate surface area is 109 Å². The number of sulfonamides is 1. The largest absolute Gasteiger partial charge is 0.396 e. The first kappa shape index (κ1) is 15.2. The van der Waals surface area contributed by atoms with Gasteiger partial charge in [-0.15, -0.1) is 0 Å². The summed E-state index contributed by atoms with van der Waals surface area (Å²) in [6, 6.07) is 1.28. The molecule has 0 heterocycles. The Hall–Kier alpha value is -0.860. The van der Waals surface area contributed by atoms with E-state index in [1.54, 1.807) is 0 Å². The third-order valence-corrected chi connectivity index (χ3v) is 4.81. The fourth-order valence-electron chi connectivity index (χ4n) is 1.25. The van der Waals surface area contributed by atoms with Gasteiger partial charge < -0.3 is 5.73 Å². The molecular formula is C10H14F2N2O2S2. The SMILES string of the molecule is CSCCN(C)S(=O)(=O)c1cc(N)c(F)cc1F. The maximum atomic E-state index is 13.5. The van der Waals surface area contributed by atoms with Crippen LogP contribution in [0.1, 0.15) is 0 Å². The smallest absolute Gasteiger partial charge is 0.245 e. The van der Waals surface area contributed by atoms with Gasteiger partial charge in [0.25, 0.3) is 0 Å². The van der Waals surface area contributed by atoms with Gasteiger partial charge in [0.15, 0.2) is 0 Å². The molecule has 0 saturated heterocycles. The standard InChI is InChI=1S/C10H14F2N2O2S2/c1-14(3-4-17-2)18(15,16)10-6-9(13)7(11)5-8(10)12/h5-6H,3-4,13H2,1-2H3. The molecule has 0 bridgehead atoms. The van der Waals surface area contributed by atoms with Gasteiger partial charge in [-0.2, -0.15) is 11.8 Å². The van der Waals surface area contributed by atoms with E-state index in [-0.39, 0.29) is 6.54 Å². The Morgan fingerprint density at radius 1 is 1.33 bits per heavy atom. The zero-order valence-electron chi connectivity index (χ0n) is 9.98. The molecule has 0 aliphatic rings. The molecule has 0 saturated carbocycles. The summed E-state index contributed by atoms with van der Waals surface area (Å²) in [6.07, 6.45) is 1.83. The molecule has 2 N–H and O–H groups in total. The molecule has 0 aromatic heterocycles. The third-order valence-electron chi connectivity index (χ3n) is 2.35. The van der Waals surface area contributed by atoms with Gasteiger partial charge in [-0.3, -0.25) is 0 Å². The monoisotopic (exact) mass is 296 g/mol. The van der Waals surface area contributed by atoms with Crippen molar-refractivity contribution in [2.45, 2.75) is 4.90 Å². The number of anilines is 1. The summed E-state index contributed by atoms with van der Waals surface area (Å²) in [5.74, 6) is -1.54. The second-order valence-corrected chi connectivity index (χ2v) is 6.62. The highest BCUT2D eigenvalue weighted by Crippen LogP contribution is 2.23. The zero-order valence-corrected chi connectivity index (χ0v) is 11.6. The molecule has 1 aromatic carbocycles. The van der Waals surface area contributed by atoms with Crippen LogP contribution in [0.4, 0.5) is 14.5 Å². The van der Waals surface area contributed by atoms with Crippen molar-refractivity contribution in [2.75, 3.05) is 31.3 Å². The predicted octanol–water partition coefficient (Wildman–Crippen LogP) is 1.53. The van der Waals surface area contributed by atoms with Crippen LogP contribution in [-0.2, 0) is 10.0 Å². The van der Waals surface area contributed by atoms with Crippen molar-refractivity contribution in [3.8, 4) is 0 Å². The van der Waals surface area contributed by atoms with Crippen LogP contribution in [0.5, 0.6) is 0 Å². The molecule has 0 fully saturated rings. The topological polar surface area (TPSA) is 63.4 Å². The summed E-state index contributed by atoms with van der Waals surface area (Å²) in [7, 11) is -2.64. The molecule has 0 amide bonds. The average molecular weight is 296 g/mol.